The highest BCUT2D eigenvalue weighted by Gasteiger charge is 2.26. The first-order valence-electron chi connectivity index (χ1n) is 12.4. The van der Waals surface area contributed by atoms with E-state index in [2.05, 4.69) is 15.3 Å². The van der Waals surface area contributed by atoms with Gasteiger partial charge in [-0.25, -0.2) is 23.1 Å². The molecule has 3 aromatic rings. The highest BCUT2D eigenvalue weighted by atomic mass is 19.1. The van der Waals surface area contributed by atoms with Crippen molar-refractivity contribution in [3.63, 3.8) is 0 Å². The molecule has 1 aromatic heterocycles. The lowest BCUT2D eigenvalue weighted by atomic mass is 10.1. The summed E-state index contributed by atoms with van der Waals surface area (Å²) in [5, 5.41) is 3.32. The summed E-state index contributed by atoms with van der Waals surface area (Å²) in [6.07, 6.45) is 2.26. The summed E-state index contributed by atoms with van der Waals surface area (Å²) in [7, 11) is 0. The normalized spacial score (nSPS) is 16.1. The summed E-state index contributed by atoms with van der Waals surface area (Å²) in [6, 6.07) is 8.17. The van der Waals surface area contributed by atoms with Gasteiger partial charge in [0.1, 0.15) is 23.9 Å². The van der Waals surface area contributed by atoms with Crippen LogP contribution >= 0.6 is 0 Å². The minimum absolute atomic E-state index is 0.00476. The number of nitrogens with one attached hydrogen (secondary N) is 1. The van der Waals surface area contributed by atoms with Crippen molar-refractivity contribution in [2.24, 2.45) is 0 Å². The molecule has 5 rings (SSSR count). The van der Waals surface area contributed by atoms with Gasteiger partial charge in [-0.1, -0.05) is 6.07 Å². The first-order chi connectivity index (χ1) is 17.4. The van der Waals surface area contributed by atoms with E-state index in [9.17, 15) is 13.2 Å². The molecule has 0 radical (unpaired) electrons. The molecule has 36 heavy (non-hydrogen) atoms. The third kappa shape index (κ3) is 4.97. The zero-order chi connectivity index (χ0) is 25.2. The first kappa shape index (κ1) is 24.4. The van der Waals surface area contributed by atoms with E-state index in [-0.39, 0.29) is 29.7 Å². The molecule has 1 fully saturated rings. The topological polar surface area (TPSA) is 53.5 Å². The van der Waals surface area contributed by atoms with Crippen molar-refractivity contribution in [2.75, 3.05) is 49.1 Å². The van der Waals surface area contributed by atoms with Gasteiger partial charge in [-0.15, -0.1) is 0 Å². The van der Waals surface area contributed by atoms with Gasteiger partial charge >= 0.3 is 0 Å². The second kappa shape index (κ2) is 10.3. The average Bonchev–Trinajstić information content (AvgIpc) is 3.14. The molecule has 190 valence electrons. The summed E-state index contributed by atoms with van der Waals surface area (Å²) >= 11 is 0. The van der Waals surface area contributed by atoms with Gasteiger partial charge in [0, 0.05) is 37.7 Å². The van der Waals surface area contributed by atoms with Crippen LogP contribution in [-0.2, 0) is 6.42 Å². The highest BCUT2D eigenvalue weighted by Crippen LogP contribution is 2.39. The Morgan fingerprint density at radius 2 is 1.83 bits per heavy atom. The smallest absolute Gasteiger partial charge is 0.178 e. The maximum absolute atomic E-state index is 15.0. The van der Waals surface area contributed by atoms with E-state index < -0.39 is 11.6 Å². The van der Waals surface area contributed by atoms with Gasteiger partial charge in [0.05, 0.1) is 24.1 Å². The summed E-state index contributed by atoms with van der Waals surface area (Å²) in [5.74, 6) is -1.02. The Hall–Kier alpha value is -3.33. The Morgan fingerprint density at radius 3 is 2.64 bits per heavy atom. The van der Waals surface area contributed by atoms with Crippen molar-refractivity contribution < 1.29 is 17.9 Å². The van der Waals surface area contributed by atoms with Crippen LogP contribution in [0.1, 0.15) is 31.7 Å². The molecule has 0 amide bonds. The number of nitrogens with zero attached hydrogens (tertiary/aromatic N) is 4. The van der Waals surface area contributed by atoms with Crippen LogP contribution in [0.3, 0.4) is 0 Å². The van der Waals surface area contributed by atoms with Gasteiger partial charge in [0.25, 0.3) is 0 Å². The molecule has 2 aliphatic heterocycles. The van der Waals surface area contributed by atoms with Gasteiger partial charge in [-0.2, -0.15) is 0 Å². The summed E-state index contributed by atoms with van der Waals surface area (Å²) in [5.41, 5.74) is 2.14. The van der Waals surface area contributed by atoms with Crippen molar-refractivity contribution in [3.05, 3.63) is 65.4 Å². The number of fused-ring (bicyclic) bond motifs is 1. The third-order valence-corrected chi connectivity index (χ3v) is 6.66. The van der Waals surface area contributed by atoms with Crippen molar-refractivity contribution in [1.82, 2.24) is 15.3 Å². The van der Waals surface area contributed by atoms with Gasteiger partial charge in [-0.05, 0) is 56.6 Å². The zero-order valence-electron chi connectivity index (χ0n) is 20.5. The number of benzene rings is 2. The van der Waals surface area contributed by atoms with Gasteiger partial charge in [0.2, 0.25) is 0 Å². The fourth-order valence-electron chi connectivity index (χ4n) is 4.85. The number of ether oxygens (including phenoxy) is 1. The van der Waals surface area contributed by atoms with Crippen LogP contribution in [0.2, 0.25) is 0 Å². The number of aromatic nitrogens is 2. The van der Waals surface area contributed by atoms with Gasteiger partial charge in [0.15, 0.2) is 17.4 Å². The minimum Gasteiger partial charge on any atom is -0.486 e. The maximum atomic E-state index is 15.0. The Morgan fingerprint density at radius 1 is 0.972 bits per heavy atom. The molecule has 3 heterocycles. The lowest BCUT2D eigenvalue weighted by molar-refractivity contribution is 0.287. The first-order valence-corrected chi connectivity index (χ1v) is 12.4. The number of anilines is 2. The Bertz CT molecular complexity index is 1240. The fraction of sp³-hybridized carbons (Fsp3) is 0.407. The van der Waals surface area contributed by atoms with E-state index >= 15 is 0 Å². The largest absolute Gasteiger partial charge is 0.486 e. The Kier molecular flexibility index (Phi) is 7.00. The molecule has 0 saturated carbocycles. The average molecular weight is 498 g/mol. The summed E-state index contributed by atoms with van der Waals surface area (Å²) < 4.78 is 50.2. The molecule has 0 atom stereocenters. The molecule has 2 aromatic carbocycles. The third-order valence-electron chi connectivity index (χ3n) is 6.66. The molecule has 6 nitrogen and oxygen atoms in total. The number of hydrogen-bond donors (Lipinski definition) is 1. The molecule has 2 aliphatic rings. The molecule has 0 spiro atoms. The van der Waals surface area contributed by atoms with Gasteiger partial charge in [-0.3, -0.25) is 0 Å². The zero-order valence-corrected chi connectivity index (χ0v) is 20.5. The molecular weight excluding hydrogens is 467 g/mol. The molecule has 1 saturated heterocycles. The van der Waals surface area contributed by atoms with Crippen LogP contribution < -0.4 is 19.9 Å². The van der Waals surface area contributed by atoms with Crippen LogP contribution in [0.4, 0.5) is 24.5 Å². The minimum atomic E-state index is -0.651. The number of hydrogen-bond acceptors (Lipinski definition) is 6. The van der Waals surface area contributed by atoms with Crippen molar-refractivity contribution in [3.8, 4) is 17.0 Å². The van der Waals surface area contributed by atoms with E-state index in [4.69, 9.17) is 4.74 Å². The SMILES string of the molecule is CC(C)N1CCOc2c(F)cc(-c3nc(Cc4ccc(N5CCCNCC5)c(F)c4)ncc3F)cc21. The van der Waals surface area contributed by atoms with Crippen LogP contribution in [0.25, 0.3) is 11.3 Å². The van der Waals surface area contributed by atoms with Crippen molar-refractivity contribution in [2.45, 2.75) is 32.7 Å². The molecule has 0 unspecified atom stereocenters. The van der Waals surface area contributed by atoms with Crippen LogP contribution in [0.5, 0.6) is 5.75 Å². The standard InChI is InChI=1S/C27H30F3N5O/c1-17(2)35-10-11-36-27-21(29)14-19(15-24(27)35)26-22(30)16-32-25(33-26)13-18-4-5-23(20(28)12-18)34-8-3-6-31-7-9-34/h4-5,12,14-17,31H,3,6-11,13H2,1-2H3. The van der Waals surface area contributed by atoms with Crippen LogP contribution in [0, 0.1) is 17.5 Å². The Labute approximate surface area is 209 Å². The quantitative estimate of drug-likeness (QED) is 0.558. The van der Waals surface area contributed by atoms with Crippen LogP contribution in [0.15, 0.2) is 36.5 Å². The molecule has 0 bridgehead atoms. The highest BCUT2D eigenvalue weighted by molar-refractivity contribution is 5.72. The molecular formula is C27H30F3N5O. The number of halogens is 3. The lowest BCUT2D eigenvalue weighted by Crippen LogP contribution is -2.38. The van der Waals surface area contributed by atoms with Crippen molar-refractivity contribution in [1.29, 1.82) is 0 Å². The molecule has 1 N–H and O–H groups in total. The lowest BCUT2D eigenvalue weighted by Gasteiger charge is -2.34. The van der Waals surface area contributed by atoms with E-state index in [1.165, 1.54) is 12.1 Å². The summed E-state index contributed by atoms with van der Waals surface area (Å²) in [6.45, 7) is 8.31. The second-order valence-corrected chi connectivity index (χ2v) is 9.48. The second-order valence-electron chi connectivity index (χ2n) is 9.48. The van der Waals surface area contributed by atoms with E-state index in [1.807, 2.05) is 29.7 Å². The van der Waals surface area contributed by atoms with E-state index in [1.54, 1.807) is 12.1 Å². The molecule has 9 heteroatoms. The number of rotatable bonds is 5. The predicted molar refractivity (Wildman–Crippen MR) is 134 cm³/mol. The maximum Gasteiger partial charge on any atom is 0.178 e. The Balaban J connectivity index is 1.42. The van der Waals surface area contributed by atoms with Crippen LogP contribution in [-0.4, -0.2) is 55.3 Å². The van der Waals surface area contributed by atoms with E-state index in [0.29, 0.717) is 41.5 Å². The van der Waals surface area contributed by atoms with E-state index in [0.717, 1.165) is 38.8 Å². The van der Waals surface area contributed by atoms with Gasteiger partial charge < -0.3 is 19.9 Å². The van der Waals surface area contributed by atoms with Crippen molar-refractivity contribution >= 4 is 11.4 Å². The fourth-order valence-corrected chi connectivity index (χ4v) is 4.85. The molecule has 0 aliphatic carbocycles. The predicted octanol–water partition coefficient (Wildman–Crippen LogP) is 4.56. The monoisotopic (exact) mass is 497 g/mol. The summed E-state index contributed by atoms with van der Waals surface area (Å²) in [4.78, 5) is 12.6.